The molecule has 0 radical (unpaired) electrons. The van der Waals surface area contributed by atoms with Gasteiger partial charge in [-0.25, -0.2) is 13.4 Å². The highest BCUT2D eigenvalue weighted by atomic mass is 32.2. The first-order valence-corrected chi connectivity index (χ1v) is 11.0. The molecule has 1 heterocycles. The molecule has 1 fully saturated rings. The minimum atomic E-state index is -3.66. The van der Waals surface area contributed by atoms with Gasteiger partial charge in [-0.3, -0.25) is 4.72 Å². The van der Waals surface area contributed by atoms with Gasteiger partial charge in [-0.1, -0.05) is 0 Å². The summed E-state index contributed by atoms with van der Waals surface area (Å²) in [5.41, 5.74) is 0.442. The summed E-state index contributed by atoms with van der Waals surface area (Å²) < 4.78 is 33.7. The number of anilines is 2. The lowest BCUT2D eigenvalue weighted by Crippen LogP contribution is -2.22. The van der Waals surface area contributed by atoms with Crippen LogP contribution in [0.25, 0.3) is 0 Å². The van der Waals surface area contributed by atoms with E-state index in [-0.39, 0.29) is 11.0 Å². The molecule has 146 valence electrons. The third kappa shape index (κ3) is 4.91. The van der Waals surface area contributed by atoms with E-state index in [2.05, 4.69) is 28.5 Å². The smallest absolute Gasteiger partial charge is 0.261 e. The Morgan fingerprint density at radius 1 is 1.07 bits per heavy atom. The Kier molecular flexibility index (Phi) is 6.21. The van der Waals surface area contributed by atoms with Crippen molar-refractivity contribution in [1.82, 2.24) is 4.98 Å². The number of hydrogen-bond acceptors (Lipinski definition) is 5. The fourth-order valence-electron chi connectivity index (χ4n) is 3.29. The number of nitrogens with one attached hydrogen (secondary N) is 1. The third-order valence-electron chi connectivity index (χ3n) is 4.83. The Morgan fingerprint density at radius 2 is 1.74 bits per heavy atom. The molecule has 0 spiro atoms. The van der Waals surface area contributed by atoms with Crippen molar-refractivity contribution in [2.45, 2.75) is 50.5 Å². The van der Waals surface area contributed by atoms with E-state index in [4.69, 9.17) is 4.74 Å². The predicted molar refractivity (Wildman–Crippen MR) is 108 cm³/mol. The predicted octanol–water partition coefficient (Wildman–Crippen LogP) is 4.05. The van der Waals surface area contributed by atoms with Crippen molar-refractivity contribution >= 4 is 21.5 Å². The van der Waals surface area contributed by atoms with E-state index in [1.165, 1.54) is 12.8 Å². The van der Waals surface area contributed by atoms with Crippen LogP contribution in [0.15, 0.2) is 47.5 Å². The van der Waals surface area contributed by atoms with E-state index >= 15 is 0 Å². The van der Waals surface area contributed by atoms with E-state index in [9.17, 15) is 8.42 Å². The van der Waals surface area contributed by atoms with Crippen molar-refractivity contribution in [3.63, 3.8) is 0 Å². The molecule has 2 aromatic rings. The molecule has 1 N–H and O–H groups in total. The molecule has 0 unspecified atom stereocenters. The van der Waals surface area contributed by atoms with Gasteiger partial charge in [0.1, 0.15) is 11.6 Å². The summed E-state index contributed by atoms with van der Waals surface area (Å²) in [4.78, 5) is 6.65. The second-order valence-corrected chi connectivity index (χ2v) is 8.36. The Morgan fingerprint density at radius 3 is 2.30 bits per heavy atom. The fourth-order valence-corrected chi connectivity index (χ4v) is 4.33. The largest absolute Gasteiger partial charge is 0.490 e. The topological polar surface area (TPSA) is 71.5 Å². The standard InChI is InChI=1S/C20H27N3O3S/c1-3-23(4-2)20-14-9-16(15-21-20)22-27(24,25)19-12-10-18(11-13-19)26-17-7-5-6-8-17/h9-15,17,22H,3-8H2,1-2H3. The number of ether oxygens (including phenoxy) is 1. The summed E-state index contributed by atoms with van der Waals surface area (Å²) in [6.07, 6.45) is 6.32. The average Bonchev–Trinajstić information content (AvgIpc) is 3.17. The van der Waals surface area contributed by atoms with Gasteiger partial charge in [-0.15, -0.1) is 0 Å². The van der Waals surface area contributed by atoms with Crippen molar-refractivity contribution in [2.75, 3.05) is 22.7 Å². The summed E-state index contributed by atoms with van der Waals surface area (Å²) in [6.45, 7) is 5.82. The molecular formula is C20H27N3O3S. The van der Waals surface area contributed by atoms with Crippen molar-refractivity contribution in [1.29, 1.82) is 0 Å². The molecule has 1 aliphatic rings. The summed E-state index contributed by atoms with van der Waals surface area (Å²) >= 11 is 0. The Balaban J connectivity index is 1.67. The highest BCUT2D eigenvalue weighted by Crippen LogP contribution is 2.25. The number of benzene rings is 1. The van der Waals surface area contributed by atoms with Crippen LogP contribution in [0.4, 0.5) is 11.5 Å². The van der Waals surface area contributed by atoms with E-state index in [1.807, 2.05) is 6.07 Å². The number of rotatable bonds is 8. The van der Waals surface area contributed by atoms with Crippen LogP contribution in [0.1, 0.15) is 39.5 Å². The molecule has 0 bridgehead atoms. The maximum Gasteiger partial charge on any atom is 0.261 e. The number of hydrogen-bond donors (Lipinski definition) is 1. The molecule has 1 saturated carbocycles. The molecule has 1 aromatic heterocycles. The van der Waals surface area contributed by atoms with Crippen molar-refractivity contribution < 1.29 is 13.2 Å². The summed E-state index contributed by atoms with van der Waals surface area (Å²) in [5.74, 6) is 1.54. The van der Waals surface area contributed by atoms with E-state index in [0.29, 0.717) is 11.4 Å². The molecule has 0 aliphatic heterocycles. The molecule has 0 saturated heterocycles. The second-order valence-electron chi connectivity index (χ2n) is 6.68. The summed E-state index contributed by atoms with van der Waals surface area (Å²) in [5, 5.41) is 0. The van der Waals surface area contributed by atoms with Gasteiger partial charge >= 0.3 is 0 Å². The van der Waals surface area contributed by atoms with Crippen LogP contribution in [0, 0.1) is 0 Å². The van der Waals surface area contributed by atoms with Gasteiger partial charge in [0.25, 0.3) is 10.0 Å². The van der Waals surface area contributed by atoms with Crippen LogP contribution in [-0.2, 0) is 10.0 Å². The lowest BCUT2D eigenvalue weighted by molar-refractivity contribution is 0.210. The highest BCUT2D eigenvalue weighted by Gasteiger charge is 2.18. The first-order chi connectivity index (χ1) is 13.0. The molecule has 6 nitrogen and oxygen atoms in total. The first kappa shape index (κ1) is 19.5. The molecule has 3 rings (SSSR count). The zero-order valence-electron chi connectivity index (χ0n) is 15.9. The van der Waals surface area contributed by atoms with E-state index in [1.54, 1.807) is 36.5 Å². The molecule has 0 atom stereocenters. The molecular weight excluding hydrogens is 362 g/mol. The van der Waals surface area contributed by atoms with E-state index in [0.717, 1.165) is 31.7 Å². The number of pyridine rings is 1. The number of nitrogens with zero attached hydrogens (tertiary/aromatic N) is 2. The lowest BCUT2D eigenvalue weighted by atomic mass is 10.3. The molecule has 0 amide bonds. The van der Waals surface area contributed by atoms with Crippen LogP contribution in [-0.4, -0.2) is 32.6 Å². The van der Waals surface area contributed by atoms with Crippen LogP contribution < -0.4 is 14.4 Å². The molecule has 1 aromatic carbocycles. The zero-order chi connectivity index (χ0) is 19.3. The van der Waals surface area contributed by atoms with Crippen molar-refractivity contribution in [2.24, 2.45) is 0 Å². The number of aromatic nitrogens is 1. The SMILES string of the molecule is CCN(CC)c1ccc(NS(=O)(=O)c2ccc(OC3CCCC3)cc2)cn1. The van der Waals surface area contributed by atoms with Gasteiger partial charge in [0, 0.05) is 13.1 Å². The normalized spacial score (nSPS) is 14.9. The average molecular weight is 390 g/mol. The van der Waals surface area contributed by atoms with Gasteiger partial charge < -0.3 is 9.64 Å². The summed E-state index contributed by atoms with van der Waals surface area (Å²) in [6, 6.07) is 10.1. The van der Waals surface area contributed by atoms with Crippen molar-refractivity contribution in [3.05, 3.63) is 42.6 Å². The highest BCUT2D eigenvalue weighted by molar-refractivity contribution is 7.92. The summed E-state index contributed by atoms with van der Waals surface area (Å²) in [7, 11) is -3.66. The Bertz CT molecular complexity index is 826. The lowest BCUT2D eigenvalue weighted by Gasteiger charge is -2.19. The molecule has 1 aliphatic carbocycles. The van der Waals surface area contributed by atoms with Crippen LogP contribution in [0.2, 0.25) is 0 Å². The minimum absolute atomic E-state index is 0.203. The monoisotopic (exact) mass is 389 g/mol. The number of sulfonamides is 1. The maximum atomic E-state index is 12.6. The van der Waals surface area contributed by atoms with Gasteiger partial charge in [0.15, 0.2) is 0 Å². The quantitative estimate of drug-likeness (QED) is 0.737. The first-order valence-electron chi connectivity index (χ1n) is 9.52. The van der Waals surface area contributed by atoms with Crippen LogP contribution in [0.3, 0.4) is 0 Å². The zero-order valence-corrected chi connectivity index (χ0v) is 16.7. The van der Waals surface area contributed by atoms with Gasteiger partial charge in [-0.2, -0.15) is 0 Å². The molecule has 27 heavy (non-hydrogen) atoms. The van der Waals surface area contributed by atoms with Crippen molar-refractivity contribution in [3.8, 4) is 5.75 Å². The van der Waals surface area contributed by atoms with Crippen LogP contribution in [0.5, 0.6) is 5.75 Å². The minimum Gasteiger partial charge on any atom is -0.490 e. The third-order valence-corrected chi connectivity index (χ3v) is 6.22. The van der Waals surface area contributed by atoms with Gasteiger partial charge in [0.2, 0.25) is 0 Å². The van der Waals surface area contributed by atoms with E-state index < -0.39 is 10.0 Å². The van der Waals surface area contributed by atoms with Crippen LogP contribution >= 0.6 is 0 Å². The Labute approximate surface area is 161 Å². The molecule has 7 heteroatoms. The fraction of sp³-hybridized carbons (Fsp3) is 0.450. The second kappa shape index (κ2) is 8.61. The maximum absolute atomic E-state index is 12.6. The van der Waals surface area contributed by atoms with Gasteiger partial charge in [0.05, 0.1) is 22.9 Å². The Hall–Kier alpha value is -2.28. The van der Waals surface area contributed by atoms with Gasteiger partial charge in [-0.05, 0) is 75.9 Å².